The first-order chi connectivity index (χ1) is 9.03. The van der Waals surface area contributed by atoms with E-state index in [0.29, 0.717) is 11.5 Å². The second kappa shape index (κ2) is 6.38. The molecule has 0 bridgehead atoms. The van der Waals surface area contributed by atoms with Gasteiger partial charge in [0.05, 0.1) is 0 Å². The number of rotatable bonds is 6. The van der Waals surface area contributed by atoms with Crippen molar-refractivity contribution in [1.29, 1.82) is 0 Å². The largest absolute Gasteiger partial charge is 0.330 e. The lowest BCUT2D eigenvalue weighted by Gasteiger charge is -2.33. The van der Waals surface area contributed by atoms with Crippen LogP contribution in [-0.4, -0.2) is 24.5 Å². The van der Waals surface area contributed by atoms with E-state index in [1.807, 2.05) is 11.3 Å². The molecule has 1 aromatic rings. The maximum Gasteiger partial charge on any atom is 0.0331 e. The first kappa shape index (κ1) is 15.0. The van der Waals surface area contributed by atoms with E-state index in [1.54, 1.807) is 10.4 Å². The van der Waals surface area contributed by atoms with Gasteiger partial charge in [-0.25, -0.2) is 0 Å². The predicted octanol–water partition coefficient (Wildman–Crippen LogP) is 3.82. The van der Waals surface area contributed by atoms with Gasteiger partial charge in [0, 0.05) is 17.5 Å². The topological polar surface area (TPSA) is 29.3 Å². The lowest BCUT2D eigenvalue weighted by Crippen LogP contribution is -2.34. The molecule has 2 nitrogen and oxygen atoms in total. The average molecular weight is 280 g/mol. The van der Waals surface area contributed by atoms with Crippen molar-refractivity contribution in [3.8, 4) is 0 Å². The third-order valence-corrected chi connectivity index (χ3v) is 5.50. The van der Waals surface area contributed by atoms with E-state index in [9.17, 15) is 0 Å². The number of thiophene rings is 1. The van der Waals surface area contributed by atoms with E-state index in [2.05, 4.69) is 37.1 Å². The van der Waals surface area contributed by atoms with E-state index in [4.69, 9.17) is 5.73 Å². The molecule has 1 unspecified atom stereocenters. The van der Waals surface area contributed by atoms with Gasteiger partial charge in [0.2, 0.25) is 0 Å². The number of fused-ring (bicyclic) bond motifs is 1. The lowest BCUT2D eigenvalue weighted by atomic mass is 9.87. The van der Waals surface area contributed by atoms with Crippen LogP contribution in [0, 0.1) is 5.41 Å². The standard InChI is InChI=1S/C16H28N2S/c1-13-14-7-11-19-15(14)6-10-18(13)9-5-4-8-16(2,3)12-17/h7,11,13H,4-6,8-10,12,17H2,1-3H3. The Morgan fingerprint density at radius 1 is 1.42 bits per heavy atom. The highest BCUT2D eigenvalue weighted by Crippen LogP contribution is 2.33. The molecule has 19 heavy (non-hydrogen) atoms. The van der Waals surface area contributed by atoms with Crippen molar-refractivity contribution in [3.63, 3.8) is 0 Å². The van der Waals surface area contributed by atoms with Crippen molar-refractivity contribution < 1.29 is 0 Å². The fraction of sp³-hybridized carbons (Fsp3) is 0.750. The first-order valence-corrected chi connectivity index (χ1v) is 8.42. The molecule has 3 heteroatoms. The Hall–Kier alpha value is -0.380. The van der Waals surface area contributed by atoms with Gasteiger partial charge in [0.15, 0.2) is 0 Å². The Labute approximate surface area is 122 Å². The Morgan fingerprint density at radius 3 is 2.95 bits per heavy atom. The minimum atomic E-state index is 0.314. The quantitative estimate of drug-likeness (QED) is 0.803. The van der Waals surface area contributed by atoms with Gasteiger partial charge in [-0.2, -0.15) is 0 Å². The van der Waals surface area contributed by atoms with Gasteiger partial charge < -0.3 is 5.73 Å². The third kappa shape index (κ3) is 3.80. The van der Waals surface area contributed by atoms with Crippen LogP contribution in [0.5, 0.6) is 0 Å². The number of nitrogens with two attached hydrogens (primary N) is 1. The fourth-order valence-corrected chi connectivity index (χ4v) is 3.85. The molecular formula is C16H28N2S. The Morgan fingerprint density at radius 2 is 2.21 bits per heavy atom. The Bertz CT molecular complexity index is 397. The summed E-state index contributed by atoms with van der Waals surface area (Å²) in [5, 5.41) is 2.24. The van der Waals surface area contributed by atoms with Crippen LogP contribution in [0.4, 0.5) is 0 Å². The summed E-state index contributed by atoms with van der Waals surface area (Å²) in [5.41, 5.74) is 7.67. The zero-order valence-corrected chi connectivity index (χ0v) is 13.4. The zero-order chi connectivity index (χ0) is 13.9. The molecule has 0 saturated carbocycles. The summed E-state index contributed by atoms with van der Waals surface area (Å²) >= 11 is 1.93. The van der Waals surface area contributed by atoms with E-state index in [-0.39, 0.29) is 0 Å². The summed E-state index contributed by atoms with van der Waals surface area (Å²) in [6.45, 7) is 10.2. The summed E-state index contributed by atoms with van der Waals surface area (Å²) in [5.74, 6) is 0. The molecule has 0 fully saturated rings. The van der Waals surface area contributed by atoms with Gasteiger partial charge >= 0.3 is 0 Å². The summed E-state index contributed by atoms with van der Waals surface area (Å²) in [4.78, 5) is 4.25. The minimum Gasteiger partial charge on any atom is -0.330 e. The molecule has 108 valence electrons. The molecule has 2 heterocycles. The SMILES string of the molecule is CC1c2ccsc2CCN1CCCCC(C)(C)CN. The van der Waals surface area contributed by atoms with Crippen LogP contribution in [0.3, 0.4) is 0 Å². The van der Waals surface area contributed by atoms with Crippen LogP contribution in [0.2, 0.25) is 0 Å². The first-order valence-electron chi connectivity index (χ1n) is 7.54. The fourth-order valence-electron chi connectivity index (χ4n) is 2.89. The summed E-state index contributed by atoms with van der Waals surface area (Å²) in [6, 6.07) is 2.92. The Balaban J connectivity index is 1.76. The molecule has 2 rings (SSSR count). The second-order valence-corrected chi connectivity index (χ2v) is 7.59. The lowest BCUT2D eigenvalue weighted by molar-refractivity contribution is 0.192. The molecule has 0 radical (unpaired) electrons. The van der Waals surface area contributed by atoms with Crippen LogP contribution in [-0.2, 0) is 6.42 Å². The van der Waals surface area contributed by atoms with Gasteiger partial charge in [-0.05, 0) is 61.7 Å². The van der Waals surface area contributed by atoms with Gasteiger partial charge in [0.25, 0.3) is 0 Å². The van der Waals surface area contributed by atoms with Crippen LogP contribution < -0.4 is 5.73 Å². The maximum atomic E-state index is 5.79. The van der Waals surface area contributed by atoms with Crippen molar-refractivity contribution in [1.82, 2.24) is 4.90 Å². The van der Waals surface area contributed by atoms with Gasteiger partial charge in [-0.15, -0.1) is 11.3 Å². The van der Waals surface area contributed by atoms with Crippen molar-refractivity contribution in [3.05, 3.63) is 21.9 Å². The number of nitrogens with zero attached hydrogens (tertiary/aromatic N) is 1. The number of hydrogen-bond donors (Lipinski definition) is 1. The smallest absolute Gasteiger partial charge is 0.0331 e. The molecule has 0 saturated heterocycles. The van der Waals surface area contributed by atoms with Crippen LogP contribution >= 0.6 is 11.3 Å². The minimum absolute atomic E-state index is 0.314. The van der Waals surface area contributed by atoms with Crippen molar-refractivity contribution in [2.75, 3.05) is 19.6 Å². The molecule has 0 aliphatic carbocycles. The molecule has 1 aromatic heterocycles. The molecule has 1 atom stereocenters. The van der Waals surface area contributed by atoms with Gasteiger partial charge in [-0.3, -0.25) is 4.90 Å². The van der Waals surface area contributed by atoms with Gasteiger partial charge in [-0.1, -0.05) is 20.3 Å². The van der Waals surface area contributed by atoms with Crippen molar-refractivity contribution in [2.45, 2.75) is 52.5 Å². The molecular weight excluding hydrogens is 252 g/mol. The van der Waals surface area contributed by atoms with E-state index in [0.717, 1.165) is 6.54 Å². The third-order valence-electron chi connectivity index (χ3n) is 4.51. The molecule has 1 aliphatic heterocycles. The molecule has 0 spiro atoms. The van der Waals surface area contributed by atoms with E-state index < -0.39 is 0 Å². The highest BCUT2D eigenvalue weighted by atomic mass is 32.1. The maximum absolute atomic E-state index is 5.79. The molecule has 0 amide bonds. The number of hydrogen-bond acceptors (Lipinski definition) is 3. The predicted molar refractivity (Wildman–Crippen MR) is 84.7 cm³/mol. The monoisotopic (exact) mass is 280 g/mol. The average Bonchev–Trinajstić information content (AvgIpc) is 2.86. The Kier molecular flexibility index (Phi) is 5.04. The van der Waals surface area contributed by atoms with Crippen LogP contribution in [0.15, 0.2) is 11.4 Å². The summed E-state index contributed by atoms with van der Waals surface area (Å²) < 4.78 is 0. The highest BCUT2D eigenvalue weighted by Gasteiger charge is 2.24. The summed E-state index contributed by atoms with van der Waals surface area (Å²) in [6.07, 6.45) is 5.08. The van der Waals surface area contributed by atoms with E-state index in [1.165, 1.54) is 38.8 Å². The molecule has 0 aromatic carbocycles. The highest BCUT2D eigenvalue weighted by molar-refractivity contribution is 7.10. The van der Waals surface area contributed by atoms with Crippen molar-refractivity contribution >= 4 is 11.3 Å². The second-order valence-electron chi connectivity index (χ2n) is 6.59. The molecule has 1 aliphatic rings. The van der Waals surface area contributed by atoms with Crippen molar-refractivity contribution in [2.24, 2.45) is 11.1 Å². The normalized spacial score (nSPS) is 20.5. The van der Waals surface area contributed by atoms with E-state index >= 15 is 0 Å². The summed E-state index contributed by atoms with van der Waals surface area (Å²) in [7, 11) is 0. The number of unbranched alkanes of at least 4 members (excludes halogenated alkanes) is 1. The van der Waals surface area contributed by atoms with Gasteiger partial charge in [0.1, 0.15) is 0 Å². The molecule has 2 N–H and O–H groups in total. The van der Waals surface area contributed by atoms with Crippen LogP contribution in [0.1, 0.15) is 56.5 Å². The van der Waals surface area contributed by atoms with Crippen LogP contribution in [0.25, 0.3) is 0 Å². The zero-order valence-electron chi connectivity index (χ0n) is 12.6.